The monoisotopic (exact) mass is 249 g/mol. The Balaban J connectivity index is 2.95. The summed E-state index contributed by atoms with van der Waals surface area (Å²) in [6, 6.07) is 0. The summed E-state index contributed by atoms with van der Waals surface area (Å²) in [5.74, 6) is 0.0539. The van der Waals surface area contributed by atoms with Crippen LogP contribution in [0.25, 0.3) is 0 Å². The molecule has 7 heteroatoms. The summed E-state index contributed by atoms with van der Waals surface area (Å²) >= 11 is 5.62. The van der Waals surface area contributed by atoms with Gasteiger partial charge in [0.1, 0.15) is 5.82 Å². The first-order valence-electron chi connectivity index (χ1n) is 4.31. The summed E-state index contributed by atoms with van der Waals surface area (Å²) in [4.78, 5) is 7.90. The van der Waals surface area contributed by atoms with Crippen molar-refractivity contribution in [2.75, 3.05) is 0 Å². The topological polar surface area (TPSA) is 85.9 Å². The van der Waals surface area contributed by atoms with Crippen molar-refractivity contribution in [2.24, 2.45) is 5.14 Å². The molecule has 0 bridgehead atoms. The van der Waals surface area contributed by atoms with E-state index in [0.717, 1.165) is 0 Å². The maximum Gasteiger partial charge on any atom is 0.212 e. The van der Waals surface area contributed by atoms with E-state index < -0.39 is 15.3 Å². The van der Waals surface area contributed by atoms with E-state index in [4.69, 9.17) is 16.7 Å². The minimum Gasteiger partial charge on any atom is -0.239 e. The second-order valence-corrected chi connectivity index (χ2v) is 5.70. The van der Waals surface area contributed by atoms with Gasteiger partial charge in [-0.25, -0.2) is 23.5 Å². The molecule has 0 amide bonds. The van der Waals surface area contributed by atoms with Crippen LogP contribution in [-0.2, 0) is 10.0 Å². The number of aromatic nitrogens is 2. The number of nitrogens with two attached hydrogens (primary N) is 1. The average Bonchev–Trinajstić information content (AvgIpc) is 2.15. The molecule has 5 nitrogen and oxygen atoms in total. The minimum absolute atomic E-state index is 0.364. The van der Waals surface area contributed by atoms with Crippen molar-refractivity contribution >= 4 is 21.6 Å². The van der Waals surface area contributed by atoms with Gasteiger partial charge in [-0.05, 0) is 6.92 Å². The van der Waals surface area contributed by atoms with Crippen LogP contribution in [0.2, 0.25) is 5.02 Å². The van der Waals surface area contributed by atoms with E-state index >= 15 is 0 Å². The van der Waals surface area contributed by atoms with Gasteiger partial charge in [-0.15, -0.1) is 0 Å². The van der Waals surface area contributed by atoms with Crippen molar-refractivity contribution in [1.29, 1.82) is 0 Å². The normalized spacial score (nSPS) is 16.0. The maximum atomic E-state index is 11.1. The predicted octanol–water partition coefficient (Wildman–Crippen LogP) is 0.910. The fraction of sp³-hybridized carbons (Fsp3) is 0.500. The summed E-state index contributed by atoms with van der Waals surface area (Å²) in [6.45, 7) is 3.23. The SMILES string of the molecule is C[C@H]([C@@H](C)c1ncc(Cl)cn1)S(N)(=O)=O. The Kier molecular flexibility index (Phi) is 3.64. The van der Waals surface area contributed by atoms with Crippen LogP contribution in [0.5, 0.6) is 0 Å². The molecule has 0 spiro atoms. The summed E-state index contributed by atoms with van der Waals surface area (Å²) in [5, 5.41) is 4.73. The molecule has 15 heavy (non-hydrogen) atoms. The van der Waals surface area contributed by atoms with Gasteiger partial charge in [0.05, 0.1) is 10.3 Å². The molecule has 1 heterocycles. The maximum absolute atomic E-state index is 11.1. The lowest BCUT2D eigenvalue weighted by molar-refractivity contribution is 0.564. The molecule has 84 valence electrons. The molecule has 0 fully saturated rings. The Hall–Kier alpha value is -0.720. The Morgan fingerprint density at radius 3 is 2.20 bits per heavy atom. The number of hydrogen-bond acceptors (Lipinski definition) is 4. The van der Waals surface area contributed by atoms with Crippen molar-refractivity contribution in [2.45, 2.75) is 25.0 Å². The van der Waals surface area contributed by atoms with E-state index in [1.165, 1.54) is 19.3 Å². The Labute approximate surface area is 93.7 Å². The fourth-order valence-electron chi connectivity index (χ4n) is 1.05. The molecule has 2 atom stereocenters. The van der Waals surface area contributed by atoms with Gasteiger partial charge in [-0.3, -0.25) is 0 Å². The van der Waals surface area contributed by atoms with E-state index in [2.05, 4.69) is 9.97 Å². The minimum atomic E-state index is -3.57. The third kappa shape index (κ3) is 3.12. The Bertz CT molecular complexity index is 432. The van der Waals surface area contributed by atoms with Gasteiger partial charge in [-0.2, -0.15) is 0 Å². The van der Waals surface area contributed by atoms with Crippen LogP contribution in [-0.4, -0.2) is 23.6 Å². The number of halogens is 1. The zero-order valence-corrected chi connectivity index (χ0v) is 9.96. The van der Waals surface area contributed by atoms with E-state index in [1.807, 2.05) is 0 Å². The molecular formula is C8H12ClN3O2S. The van der Waals surface area contributed by atoms with Crippen LogP contribution < -0.4 is 5.14 Å². The van der Waals surface area contributed by atoms with Crippen LogP contribution >= 0.6 is 11.6 Å². The van der Waals surface area contributed by atoms with Crippen LogP contribution in [0.15, 0.2) is 12.4 Å². The molecule has 0 aromatic carbocycles. The molecule has 0 aliphatic carbocycles. The molecule has 1 aromatic heterocycles. The summed E-state index contributed by atoms with van der Waals surface area (Å²) in [5.41, 5.74) is 0. The number of nitrogens with zero attached hydrogens (tertiary/aromatic N) is 2. The van der Waals surface area contributed by atoms with Gasteiger partial charge in [0.15, 0.2) is 0 Å². The first kappa shape index (κ1) is 12.4. The molecule has 0 radical (unpaired) electrons. The highest BCUT2D eigenvalue weighted by Gasteiger charge is 2.25. The van der Waals surface area contributed by atoms with Gasteiger partial charge in [0, 0.05) is 18.3 Å². The molecule has 0 aliphatic rings. The highest BCUT2D eigenvalue weighted by atomic mass is 35.5. The van der Waals surface area contributed by atoms with E-state index in [-0.39, 0.29) is 5.92 Å². The van der Waals surface area contributed by atoms with Crippen LogP contribution in [0.3, 0.4) is 0 Å². The lowest BCUT2D eigenvalue weighted by Crippen LogP contribution is -2.31. The van der Waals surface area contributed by atoms with Crippen LogP contribution in [0.4, 0.5) is 0 Å². The molecule has 0 saturated carbocycles. The van der Waals surface area contributed by atoms with E-state index in [1.54, 1.807) is 6.92 Å². The van der Waals surface area contributed by atoms with Crippen LogP contribution in [0, 0.1) is 0 Å². The van der Waals surface area contributed by atoms with Crippen molar-refractivity contribution in [3.63, 3.8) is 0 Å². The summed E-state index contributed by atoms with van der Waals surface area (Å²) in [6.07, 6.45) is 2.85. The van der Waals surface area contributed by atoms with Gasteiger partial charge in [0.2, 0.25) is 10.0 Å². The molecule has 1 rings (SSSR count). The molecule has 2 N–H and O–H groups in total. The predicted molar refractivity (Wildman–Crippen MR) is 58.0 cm³/mol. The van der Waals surface area contributed by atoms with Gasteiger partial charge in [-0.1, -0.05) is 18.5 Å². The van der Waals surface area contributed by atoms with E-state index in [9.17, 15) is 8.42 Å². The third-order valence-corrected chi connectivity index (χ3v) is 3.91. The second-order valence-electron chi connectivity index (χ2n) is 3.34. The number of hydrogen-bond donors (Lipinski definition) is 1. The zero-order chi connectivity index (χ0) is 11.6. The Morgan fingerprint density at radius 2 is 1.80 bits per heavy atom. The van der Waals surface area contributed by atoms with Gasteiger partial charge >= 0.3 is 0 Å². The molecule has 0 saturated heterocycles. The molecule has 0 unspecified atom stereocenters. The first-order valence-corrected chi connectivity index (χ1v) is 6.30. The quantitative estimate of drug-likeness (QED) is 0.863. The standard InChI is InChI=1S/C8H12ClN3O2S/c1-5(6(2)15(10,13)14)8-11-3-7(9)4-12-8/h3-6H,1-2H3,(H2,10,13,14)/t5-,6-/m1/s1. The van der Waals surface area contributed by atoms with Gasteiger partial charge < -0.3 is 0 Å². The second kappa shape index (κ2) is 4.42. The van der Waals surface area contributed by atoms with Crippen LogP contribution in [0.1, 0.15) is 25.6 Å². The summed E-state index contributed by atoms with van der Waals surface area (Å²) in [7, 11) is -3.57. The zero-order valence-electron chi connectivity index (χ0n) is 8.38. The Morgan fingerprint density at radius 1 is 1.33 bits per heavy atom. The lowest BCUT2D eigenvalue weighted by atomic mass is 10.1. The molecular weight excluding hydrogens is 238 g/mol. The molecule has 1 aromatic rings. The third-order valence-electron chi connectivity index (χ3n) is 2.27. The average molecular weight is 250 g/mol. The van der Waals surface area contributed by atoms with Crippen molar-refractivity contribution < 1.29 is 8.42 Å². The summed E-state index contributed by atoms with van der Waals surface area (Å²) < 4.78 is 22.2. The van der Waals surface area contributed by atoms with Gasteiger partial charge in [0.25, 0.3) is 0 Å². The first-order chi connectivity index (χ1) is 6.82. The molecule has 0 aliphatic heterocycles. The number of primary sulfonamides is 1. The largest absolute Gasteiger partial charge is 0.239 e. The lowest BCUT2D eigenvalue weighted by Gasteiger charge is -2.15. The highest BCUT2D eigenvalue weighted by Crippen LogP contribution is 2.19. The van der Waals surface area contributed by atoms with Crippen molar-refractivity contribution in [3.05, 3.63) is 23.2 Å². The fourth-order valence-corrected chi connectivity index (χ4v) is 1.84. The van der Waals surface area contributed by atoms with E-state index in [0.29, 0.717) is 10.8 Å². The van der Waals surface area contributed by atoms with Crippen molar-refractivity contribution in [3.8, 4) is 0 Å². The van der Waals surface area contributed by atoms with Crippen molar-refractivity contribution in [1.82, 2.24) is 9.97 Å². The highest BCUT2D eigenvalue weighted by molar-refractivity contribution is 7.89. The smallest absolute Gasteiger partial charge is 0.212 e. The number of rotatable bonds is 3. The number of sulfonamides is 1.